The van der Waals surface area contributed by atoms with Gasteiger partial charge in [0.05, 0.1) is 11.4 Å². The highest BCUT2D eigenvalue weighted by Crippen LogP contribution is 2.44. The predicted octanol–water partition coefficient (Wildman–Crippen LogP) is 9.28. The third-order valence-corrected chi connectivity index (χ3v) is 7.09. The monoisotopic (exact) mass is 488 g/mol. The summed E-state index contributed by atoms with van der Waals surface area (Å²) in [5.74, 6) is 0.663. The van der Waals surface area contributed by atoms with E-state index in [4.69, 9.17) is 18.8 Å². The Morgan fingerprint density at radius 3 is 1.76 bits per heavy atom. The third-order valence-electron chi connectivity index (χ3n) is 7.09. The van der Waals surface area contributed by atoms with E-state index in [0.717, 1.165) is 72.0 Å². The van der Waals surface area contributed by atoms with Crippen LogP contribution in [0.3, 0.4) is 0 Å². The van der Waals surface area contributed by atoms with E-state index in [9.17, 15) is 0 Å². The van der Waals surface area contributed by atoms with E-state index in [1.165, 1.54) is 0 Å². The second kappa shape index (κ2) is 8.15. The van der Waals surface area contributed by atoms with E-state index in [2.05, 4.69) is 30.3 Å². The fourth-order valence-electron chi connectivity index (χ4n) is 5.35. The highest BCUT2D eigenvalue weighted by molar-refractivity contribution is 6.28. The molecule has 4 heteroatoms. The molecule has 38 heavy (non-hydrogen) atoms. The van der Waals surface area contributed by atoms with Crippen LogP contribution in [-0.2, 0) is 0 Å². The number of nitrogens with zero attached hydrogens (tertiary/aromatic N) is 2. The average molecular weight is 489 g/mol. The Balaban J connectivity index is 1.50. The molecule has 0 amide bonds. The highest BCUT2D eigenvalue weighted by atomic mass is 16.3. The summed E-state index contributed by atoms with van der Waals surface area (Å²) in [6.07, 6.45) is 0. The Labute approximate surface area is 217 Å². The van der Waals surface area contributed by atoms with Crippen molar-refractivity contribution < 1.29 is 8.83 Å². The predicted molar refractivity (Wildman–Crippen MR) is 153 cm³/mol. The first kappa shape index (κ1) is 20.9. The van der Waals surface area contributed by atoms with Crippen molar-refractivity contribution in [2.45, 2.75) is 0 Å². The third kappa shape index (κ3) is 3.17. The molecular formula is C34H20N2O2. The maximum Gasteiger partial charge on any atom is 0.160 e. The quantitative estimate of drug-likeness (QED) is 0.249. The zero-order chi connectivity index (χ0) is 25.1. The van der Waals surface area contributed by atoms with Gasteiger partial charge in [0.2, 0.25) is 0 Å². The van der Waals surface area contributed by atoms with Crippen molar-refractivity contribution in [1.29, 1.82) is 0 Å². The molecular weight excluding hydrogens is 468 g/mol. The molecule has 0 N–H and O–H groups in total. The number of fused-ring (bicyclic) bond motifs is 7. The van der Waals surface area contributed by atoms with Gasteiger partial charge in [0, 0.05) is 38.2 Å². The normalized spacial score (nSPS) is 11.7. The Morgan fingerprint density at radius 2 is 1.03 bits per heavy atom. The molecule has 0 radical (unpaired) electrons. The summed E-state index contributed by atoms with van der Waals surface area (Å²) < 4.78 is 12.9. The lowest BCUT2D eigenvalue weighted by atomic mass is 9.99. The SMILES string of the molecule is c1ccc(-c2cc(-c3cc4oc5ccccc5c4c4c3oc3ccccc34)nc(-c3ccccc3)n2)cc1. The number of benzene rings is 5. The molecule has 0 unspecified atom stereocenters. The molecule has 4 nitrogen and oxygen atoms in total. The van der Waals surface area contributed by atoms with Crippen molar-refractivity contribution in [2.75, 3.05) is 0 Å². The number of para-hydroxylation sites is 2. The van der Waals surface area contributed by atoms with Crippen LogP contribution in [0.25, 0.3) is 77.8 Å². The molecule has 0 bridgehead atoms. The fourth-order valence-corrected chi connectivity index (χ4v) is 5.35. The Kier molecular flexibility index (Phi) is 4.49. The minimum Gasteiger partial charge on any atom is -0.456 e. The van der Waals surface area contributed by atoms with Crippen LogP contribution in [0.5, 0.6) is 0 Å². The molecule has 0 saturated carbocycles. The van der Waals surface area contributed by atoms with Gasteiger partial charge in [0.1, 0.15) is 22.3 Å². The van der Waals surface area contributed by atoms with Crippen molar-refractivity contribution >= 4 is 43.9 Å². The standard InChI is InChI=1S/C34H20N2O2/c1-3-11-21(12-4-1)26-20-27(36-34(35-26)22-13-5-2-6-14-22)25-19-30-31(23-15-7-9-17-28(23)37-30)32-24-16-8-10-18-29(24)38-33(25)32/h1-20H. The summed E-state index contributed by atoms with van der Waals surface area (Å²) in [6, 6.07) is 40.7. The summed E-state index contributed by atoms with van der Waals surface area (Å²) in [4.78, 5) is 10.0. The van der Waals surface area contributed by atoms with E-state index in [0.29, 0.717) is 5.82 Å². The first-order chi connectivity index (χ1) is 18.8. The Hall–Kier alpha value is -5.22. The largest absolute Gasteiger partial charge is 0.456 e. The van der Waals surface area contributed by atoms with E-state index in [1.54, 1.807) is 0 Å². The van der Waals surface area contributed by atoms with Crippen LogP contribution >= 0.6 is 0 Å². The summed E-state index contributed by atoms with van der Waals surface area (Å²) >= 11 is 0. The van der Waals surface area contributed by atoms with Gasteiger partial charge < -0.3 is 8.83 Å². The molecule has 0 spiro atoms. The van der Waals surface area contributed by atoms with Crippen LogP contribution in [0.2, 0.25) is 0 Å². The summed E-state index contributed by atoms with van der Waals surface area (Å²) in [7, 11) is 0. The van der Waals surface area contributed by atoms with Crippen LogP contribution < -0.4 is 0 Å². The van der Waals surface area contributed by atoms with Crippen molar-refractivity contribution in [3.8, 4) is 33.9 Å². The molecule has 8 aromatic rings. The molecule has 8 rings (SSSR count). The number of hydrogen-bond acceptors (Lipinski definition) is 4. The van der Waals surface area contributed by atoms with Gasteiger partial charge in [-0.2, -0.15) is 0 Å². The van der Waals surface area contributed by atoms with Crippen molar-refractivity contribution in [3.05, 3.63) is 121 Å². The van der Waals surface area contributed by atoms with Crippen molar-refractivity contribution in [1.82, 2.24) is 9.97 Å². The smallest absolute Gasteiger partial charge is 0.160 e. The highest BCUT2D eigenvalue weighted by Gasteiger charge is 2.22. The average Bonchev–Trinajstić information content (AvgIpc) is 3.55. The van der Waals surface area contributed by atoms with Crippen molar-refractivity contribution in [3.63, 3.8) is 0 Å². The molecule has 0 fully saturated rings. The minimum absolute atomic E-state index is 0.663. The van der Waals surface area contributed by atoms with Gasteiger partial charge in [-0.1, -0.05) is 97.1 Å². The number of hydrogen-bond donors (Lipinski definition) is 0. The lowest BCUT2D eigenvalue weighted by Gasteiger charge is -2.10. The molecule has 5 aromatic carbocycles. The van der Waals surface area contributed by atoms with Gasteiger partial charge in [-0.15, -0.1) is 0 Å². The summed E-state index contributed by atoms with van der Waals surface area (Å²) in [5.41, 5.74) is 7.78. The van der Waals surface area contributed by atoms with Gasteiger partial charge >= 0.3 is 0 Å². The molecule has 3 aromatic heterocycles. The van der Waals surface area contributed by atoms with Crippen LogP contribution in [0, 0.1) is 0 Å². The van der Waals surface area contributed by atoms with Crippen LogP contribution in [-0.4, -0.2) is 9.97 Å². The van der Waals surface area contributed by atoms with Crippen LogP contribution in [0.15, 0.2) is 130 Å². The van der Waals surface area contributed by atoms with E-state index >= 15 is 0 Å². The second-order valence-corrected chi connectivity index (χ2v) is 9.39. The maximum atomic E-state index is 6.55. The molecule has 0 atom stereocenters. The lowest BCUT2D eigenvalue weighted by Crippen LogP contribution is -1.96. The van der Waals surface area contributed by atoms with Crippen molar-refractivity contribution in [2.24, 2.45) is 0 Å². The summed E-state index contributed by atoms with van der Waals surface area (Å²) in [5, 5.41) is 4.23. The fraction of sp³-hybridized carbons (Fsp3) is 0. The second-order valence-electron chi connectivity index (χ2n) is 9.39. The lowest BCUT2D eigenvalue weighted by molar-refractivity contribution is 0.663. The van der Waals surface area contributed by atoms with Crippen LogP contribution in [0.4, 0.5) is 0 Å². The minimum atomic E-state index is 0.663. The van der Waals surface area contributed by atoms with Gasteiger partial charge in [0.25, 0.3) is 0 Å². The molecule has 0 aliphatic rings. The molecule has 0 aliphatic heterocycles. The molecule has 0 saturated heterocycles. The molecule has 3 heterocycles. The first-order valence-electron chi connectivity index (χ1n) is 12.6. The number of rotatable bonds is 3. The van der Waals surface area contributed by atoms with Gasteiger partial charge in [-0.25, -0.2) is 9.97 Å². The van der Waals surface area contributed by atoms with Gasteiger partial charge in [-0.3, -0.25) is 0 Å². The van der Waals surface area contributed by atoms with E-state index < -0.39 is 0 Å². The Bertz CT molecular complexity index is 2070. The zero-order valence-corrected chi connectivity index (χ0v) is 20.3. The van der Waals surface area contributed by atoms with E-state index in [-0.39, 0.29) is 0 Å². The maximum absolute atomic E-state index is 6.55. The number of furan rings is 2. The van der Waals surface area contributed by atoms with Crippen LogP contribution in [0.1, 0.15) is 0 Å². The first-order valence-corrected chi connectivity index (χ1v) is 12.6. The van der Waals surface area contributed by atoms with E-state index in [1.807, 2.05) is 91.0 Å². The van der Waals surface area contributed by atoms with Gasteiger partial charge in [-0.05, 0) is 24.3 Å². The Morgan fingerprint density at radius 1 is 0.447 bits per heavy atom. The van der Waals surface area contributed by atoms with Gasteiger partial charge in [0.15, 0.2) is 5.82 Å². The summed E-state index contributed by atoms with van der Waals surface area (Å²) in [6.45, 7) is 0. The topological polar surface area (TPSA) is 52.1 Å². The zero-order valence-electron chi connectivity index (χ0n) is 20.3. The molecule has 178 valence electrons. The molecule has 0 aliphatic carbocycles. The number of aromatic nitrogens is 2.